The molecule has 0 spiro atoms. The van der Waals surface area contributed by atoms with Gasteiger partial charge >= 0.3 is 0 Å². The number of nitrogens with one attached hydrogen (secondary N) is 1. The predicted octanol–water partition coefficient (Wildman–Crippen LogP) is 3.64. The Labute approximate surface area is 152 Å². The summed E-state index contributed by atoms with van der Waals surface area (Å²) in [6, 6.07) is 5.65. The van der Waals surface area contributed by atoms with E-state index in [1.165, 1.54) is 0 Å². The number of rotatable bonds is 7. The standard InChI is InChI=1S/C15H18N6OS.C2H6/c1-11-3-4-14(20-19-11)18-15-7-12-13(8-16-15)21(9-17-12)10-22-5-6-23-2;1-2/h3-4,7-9H,5-6,10H2,1-2H3,(H,16,18,20);1-2H3. The molecule has 3 heterocycles. The first kappa shape index (κ1) is 19.1. The van der Waals surface area contributed by atoms with Crippen molar-refractivity contribution in [1.82, 2.24) is 24.7 Å². The predicted molar refractivity (Wildman–Crippen MR) is 103 cm³/mol. The smallest absolute Gasteiger partial charge is 0.154 e. The Kier molecular flexibility index (Phi) is 7.62. The van der Waals surface area contributed by atoms with E-state index >= 15 is 0 Å². The molecule has 0 atom stereocenters. The second-order valence-electron chi connectivity index (χ2n) is 4.99. The average Bonchev–Trinajstić information content (AvgIpc) is 3.05. The molecule has 134 valence electrons. The summed E-state index contributed by atoms with van der Waals surface area (Å²) in [5.41, 5.74) is 2.67. The molecule has 1 N–H and O–H groups in total. The third kappa shape index (κ3) is 5.40. The van der Waals surface area contributed by atoms with Gasteiger partial charge in [-0.2, -0.15) is 16.9 Å². The SMILES string of the molecule is CC.CSCCOCn1cnc2cc(Nc3ccc(C)nn3)ncc21. The van der Waals surface area contributed by atoms with E-state index in [1.807, 2.05) is 43.5 Å². The zero-order chi connectivity index (χ0) is 18.1. The van der Waals surface area contributed by atoms with Gasteiger partial charge in [-0.25, -0.2) is 9.97 Å². The molecule has 3 aromatic heterocycles. The lowest BCUT2D eigenvalue weighted by atomic mass is 10.4. The Morgan fingerprint density at radius 2 is 2.00 bits per heavy atom. The van der Waals surface area contributed by atoms with Gasteiger partial charge in [0.25, 0.3) is 0 Å². The van der Waals surface area contributed by atoms with E-state index in [9.17, 15) is 0 Å². The minimum absolute atomic E-state index is 0.481. The first-order chi connectivity index (χ1) is 12.3. The van der Waals surface area contributed by atoms with E-state index in [2.05, 4.69) is 31.7 Å². The first-order valence-electron chi connectivity index (χ1n) is 8.21. The van der Waals surface area contributed by atoms with Crippen LogP contribution in [0.25, 0.3) is 11.0 Å². The molecular formula is C17H24N6OS. The third-order valence-corrected chi connectivity index (χ3v) is 3.80. The minimum Gasteiger partial charge on any atom is -0.360 e. The summed E-state index contributed by atoms with van der Waals surface area (Å²) in [6.45, 7) is 7.10. The maximum atomic E-state index is 5.60. The van der Waals surface area contributed by atoms with Crippen LogP contribution in [0.2, 0.25) is 0 Å². The summed E-state index contributed by atoms with van der Waals surface area (Å²) in [6.07, 6.45) is 5.61. The van der Waals surface area contributed by atoms with Gasteiger partial charge < -0.3 is 14.6 Å². The van der Waals surface area contributed by atoms with Gasteiger partial charge in [-0.15, -0.1) is 5.10 Å². The number of imidazole rings is 1. The van der Waals surface area contributed by atoms with Crippen molar-refractivity contribution in [2.45, 2.75) is 27.5 Å². The van der Waals surface area contributed by atoms with Crippen molar-refractivity contribution in [2.24, 2.45) is 0 Å². The van der Waals surface area contributed by atoms with Crippen LogP contribution in [-0.2, 0) is 11.5 Å². The van der Waals surface area contributed by atoms with Crippen LogP contribution in [0.15, 0.2) is 30.7 Å². The molecule has 25 heavy (non-hydrogen) atoms. The summed E-state index contributed by atoms with van der Waals surface area (Å²) in [5.74, 6) is 2.32. The molecule has 3 aromatic rings. The van der Waals surface area contributed by atoms with Crippen LogP contribution in [0, 0.1) is 6.92 Å². The van der Waals surface area contributed by atoms with Crippen molar-refractivity contribution < 1.29 is 4.74 Å². The molecule has 8 heteroatoms. The second-order valence-corrected chi connectivity index (χ2v) is 5.97. The number of hydrogen-bond acceptors (Lipinski definition) is 7. The van der Waals surface area contributed by atoms with Gasteiger partial charge in [0.1, 0.15) is 12.5 Å². The number of pyridine rings is 1. The lowest BCUT2D eigenvalue weighted by molar-refractivity contribution is 0.0926. The normalized spacial score (nSPS) is 10.4. The van der Waals surface area contributed by atoms with Crippen LogP contribution in [0.4, 0.5) is 11.6 Å². The molecule has 0 unspecified atom stereocenters. The summed E-state index contributed by atoms with van der Waals surface area (Å²) >= 11 is 1.76. The van der Waals surface area contributed by atoms with E-state index in [-0.39, 0.29) is 0 Å². The Balaban J connectivity index is 0.00000109. The first-order valence-corrected chi connectivity index (χ1v) is 9.60. The zero-order valence-corrected chi connectivity index (χ0v) is 15.9. The van der Waals surface area contributed by atoms with E-state index in [4.69, 9.17) is 4.74 Å². The molecule has 0 aliphatic rings. The van der Waals surface area contributed by atoms with Crippen LogP contribution in [0.1, 0.15) is 19.5 Å². The van der Waals surface area contributed by atoms with Gasteiger partial charge in [0.15, 0.2) is 5.82 Å². The monoisotopic (exact) mass is 360 g/mol. The van der Waals surface area contributed by atoms with E-state index in [0.717, 1.165) is 29.1 Å². The second kappa shape index (κ2) is 9.95. The summed E-state index contributed by atoms with van der Waals surface area (Å²) < 4.78 is 7.55. The molecule has 7 nitrogen and oxygen atoms in total. The largest absolute Gasteiger partial charge is 0.360 e. The molecule has 0 aliphatic heterocycles. The highest BCUT2D eigenvalue weighted by molar-refractivity contribution is 7.98. The van der Waals surface area contributed by atoms with Crippen molar-refractivity contribution in [3.63, 3.8) is 0 Å². The fourth-order valence-electron chi connectivity index (χ4n) is 2.03. The molecule has 3 rings (SSSR count). The van der Waals surface area contributed by atoms with Gasteiger partial charge in [-0.3, -0.25) is 0 Å². The number of ether oxygens (including phenoxy) is 1. The van der Waals surface area contributed by atoms with Crippen molar-refractivity contribution in [2.75, 3.05) is 23.9 Å². The number of aryl methyl sites for hydroxylation is 1. The van der Waals surface area contributed by atoms with Gasteiger partial charge in [0.2, 0.25) is 0 Å². The molecule has 0 aliphatic carbocycles. The van der Waals surface area contributed by atoms with Gasteiger partial charge in [-0.1, -0.05) is 13.8 Å². The highest BCUT2D eigenvalue weighted by atomic mass is 32.2. The Morgan fingerprint density at radius 3 is 2.72 bits per heavy atom. The van der Waals surface area contributed by atoms with E-state index in [1.54, 1.807) is 24.3 Å². The number of aromatic nitrogens is 5. The molecule has 0 bridgehead atoms. The van der Waals surface area contributed by atoms with Crippen LogP contribution >= 0.6 is 11.8 Å². The van der Waals surface area contributed by atoms with E-state index in [0.29, 0.717) is 18.4 Å². The quantitative estimate of drug-likeness (QED) is 0.645. The van der Waals surface area contributed by atoms with Crippen LogP contribution in [0.5, 0.6) is 0 Å². The van der Waals surface area contributed by atoms with Crippen LogP contribution in [0.3, 0.4) is 0 Å². The topological polar surface area (TPSA) is 77.8 Å². The molecule has 0 aromatic carbocycles. The van der Waals surface area contributed by atoms with E-state index < -0.39 is 0 Å². The lowest BCUT2D eigenvalue weighted by Gasteiger charge is -2.06. The fourth-order valence-corrected chi connectivity index (χ4v) is 2.31. The highest BCUT2D eigenvalue weighted by Gasteiger charge is 2.06. The summed E-state index contributed by atoms with van der Waals surface area (Å²) in [7, 11) is 0. The number of anilines is 2. The molecule has 0 radical (unpaired) electrons. The summed E-state index contributed by atoms with van der Waals surface area (Å²) in [5, 5.41) is 11.2. The Bertz CT molecular complexity index is 774. The molecular weight excluding hydrogens is 336 g/mol. The van der Waals surface area contributed by atoms with Gasteiger partial charge in [0, 0.05) is 11.8 Å². The van der Waals surface area contributed by atoms with Crippen molar-refractivity contribution in [3.05, 3.63) is 36.4 Å². The van der Waals surface area contributed by atoms with Crippen molar-refractivity contribution in [3.8, 4) is 0 Å². The number of fused-ring (bicyclic) bond motifs is 1. The molecule has 0 saturated carbocycles. The maximum Gasteiger partial charge on any atom is 0.154 e. The number of hydrogen-bond donors (Lipinski definition) is 1. The zero-order valence-electron chi connectivity index (χ0n) is 15.1. The average molecular weight is 360 g/mol. The maximum absolute atomic E-state index is 5.60. The molecule has 0 fully saturated rings. The fraction of sp³-hybridized carbons (Fsp3) is 0.412. The van der Waals surface area contributed by atoms with Crippen LogP contribution in [-0.4, -0.2) is 43.3 Å². The Morgan fingerprint density at radius 1 is 1.16 bits per heavy atom. The van der Waals surface area contributed by atoms with Crippen molar-refractivity contribution in [1.29, 1.82) is 0 Å². The number of thioether (sulfide) groups is 1. The number of nitrogens with zero attached hydrogens (tertiary/aromatic N) is 5. The van der Waals surface area contributed by atoms with Crippen molar-refractivity contribution >= 4 is 34.4 Å². The minimum atomic E-state index is 0.481. The van der Waals surface area contributed by atoms with Crippen LogP contribution < -0.4 is 5.32 Å². The van der Waals surface area contributed by atoms with Gasteiger partial charge in [0.05, 0.1) is 35.9 Å². The Hall–Kier alpha value is -2.19. The van der Waals surface area contributed by atoms with Gasteiger partial charge in [-0.05, 0) is 25.3 Å². The molecule has 0 saturated heterocycles. The molecule has 0 amide bonds. The summed E-state index contributed by atoms with van der Waals surface area (Å²) in [4.78, 5) is 8.80. The lowest BCUT2D eigenvalue weighted by Crippen LogP contribution is -2.04. The third-order valence-electron chi connectivity index (χ3n) is 3.22. The highest BCUT2D eigenvalue weighted by Crippen LogP contribution is 2.18.